The van der Waals surface area contributed by atoms with Crippen LogP contribution in [0.2, 0.25) is 0 Å². The maximum absolute atomic E-state index is 12.4. The van der Waals surface area contributed by atoms with E-state index >= 15 is 0 Å². The molecule has 1 atom stereocenters. The van der Waals surface area contributed by atoms with Crippen LogP contribution >= 0.6 is 0 Å². The van der Waals surface area contributed by atoms with Crippen molar-refractivity contribution in [3.8, 4) is 5.75 Å². The van der Waals surface area contributed by atoms with Crippen LogP contribution in [-0.2, 0) is 0 Å². The number of ether oxygens (including phenoxy) is 1. The van der Waals surface area contributed by atoms with E-state index in [2.05, 4.69) is 13.8 Å². The maximum Gasteiger partial charge on any atom is 0.263 e. The largest absolute Gasteiger partial charge is 0.494 e. The minimum Gasteiger partial charge on any atom is -0.494 e. The van der Waals surface area contributed by atoms with Gasteiger partial charge in [-0.25, -0.2) is 8.78 Å². The lowest BCUT2D eigenvalue weighted by Crippen LogP contribution is -2.01. The summed E-state index contributed by atoms with van der Waals surface area (Å²) in [6.07, 6.45) is 0.818. The zero-order valence-corrected chi connectivity index (χ0v) is 10.5. The van der Waals surface area contributed by atoms with E-state index < -0.39 is 6.43 Å². The van der Waals surface area contributed by atoms with E-state index in [9.17, 15) is 8.78 Å². The fourth-order valence-corrected chi connectivity index (χ4v) is 1.57. The highest BCUT2D eigenvalue weighted by molar-refractivity contribution is 5.29. The van der Waals surface area contributed by atoms with E-state index in [1.165, 1.54) is 18.6 Å². The molecular formula is C14H20F2O. The second-order valence-electron chi connectivity index (χ2n) is 4.38. The van der Waals surface area contributed by atoms with Gasteiger partial charge in [0.15, 0.2) is 0 Å². The highest BCUT2D eigenvalue weighted by atomic mass is 19.3. The topological polar surface area (TPSA) is 9.23 Å². The van der Waals surface area contributed by atoms with Gasteiger partial charge in [-0.1, -0.05) is 32.4 Å². The number of halogens is 2. The Hall–Kier alpha value is -1.12. The summed E-state index contributed by atoms with van der Waals surface area (Å²) in [5, 5.41) is 0. The van der Waals surface area contributed by atoms with Crippen molar-refractivity contribution in [3.63, 3.8) is 0 Å². The molecule has 0 N–H and O–H groups in total. The monoisotopic (exact) mass is 242 g/mol. The summed E-state index contributed by atoms with van der Waals surface area (Å²) in [4.78, 5) is 0. The minimum absolute atomic E-state index is 0.0180. The van der Waals surface area contributed by atoms with Crippen LogP contribution in [0.1, 0.15) is 45.1 Å². The molecule has 1 nitrogen and oxygen atoms in total. The molecule has 0 saturated carbocycles. The van der Waals surface area contributed by atoms with Crippen molar-refractivity contribution in [2.75, 3.05) is 6.61 Å². The first kappa shape index (κ1) is 13.9. The number of rotatable bonds is 7. The predicted molar refractivity (Wildman–Crippen MR) is 65.6 cm³/mol. The van der Waals surface area contributed by atoms with Crippen molar-refractivity contribution in [1.82, 2.24) is 0 Å². The molecule has 1 unspecified atom stereocenters. The van der Waals surface area contributed by atoms with E-state index in [-0.39, 0.29) is 5.56 Å². The summed E-state index contributed by atoms with van der Waals surface area (Å²) >= 11 is 0. The quantitative estimate of drug-likeness (QED) is 0.622. The summed E-state index contributed by atoms with van der Waals surface area (Å²) < 4.78 is 30.3. The average Bonchev–Trinajstić information content (AvgIpc) is 2.34. The van der Waals surface area contributed by atoms with Crippen LogP contribution < -0.4 is 4.74 Å². The van der Waals surface area contributed by atoms with Gasteiger partial charge in [0.05, 0.1) is 6.61 Å². The van der Waals surface area contributed by atoms with Crippen LogP contribution in [-0.4, -0.2) is 6.61 Å². The van der Waals surface area contributed by atoms with E-state index in [4.69, 9.17) is 4.74 Å². The average molecular weight is 242 g/mol. The van der Waals surface area contributed by atoms with Crippen LogP contribution in [0.15, 0.2) is 24.3 Å². The Labute approximate surface area is 102 Å². The van der Waals surface area contributed by atoms with E-state index in [1.54, 1.807) is 12.1 Å². The number of hydrogen-bond acceptors (Lipinski definition) is 1. The van der Waals surface area contributed by atoms with Gasteiger partial charge in [-0.3, -0.25) is 0 Å². The van der Waals surface area contributed by atoms with Gasteiger partial charge in [0.1, 0.15) is 5.75 Å². The third-order valence-electron chi connectivity index (χ3n) is 2.92. The summed E-state index contributed by atoms with van der Waals surface area (Å²) in [6, 6.07) is 6.14. The van der Waals surface area contributed by atoms with Crippen molar-refractivity contribution in [2.45, 2.75) is 39.5 Å². The van der Waals surface area contributed by atoms with Gasteiger partial charge in [0.2, 0.25) is 0 Å². The lowest BCUT2D eigenvalue weighted by atomic mass is 10.0. The molecule has 0 aliphatic rings. The number of benzene rings is 1. The molecule has 1 aromatic rings. The molecule has 0 heterocycles. The van der Waals surface area contributed by atoms with Gasteiger partial charge in [-0.05, 0) is 30.9 Å². The highest BCUT2D eigenvalue weighted by Crippen LogP contribution is 2.23. The van der Waals surface area contributed by atoms with Gasteiger partial charge in [-0.2, -0.15) is 0 Å². The maximum atomic E-state index is 12.4. The third kappa shape index (κ3) is 5.16. The highest BCUT2D eigenvalue weighted by Gasteiger charge is 2.07. The minimum atomic E-state index is -2.43. The molecule has 0 bridgehead atoms. The third-order valence-corrected chi connectivity index (χ3v) is 2.92. The Morgan fingerprint density at radius 3 is 2.71 bits per heavy atom. The summed E-state index contributed by atoms with van der Waals surface area (Å²) in [7, 11) is 0. The molecule has 0 aliphatic carbocycles. The fourth-order valence-electron chi connectivity index (χ4n) is 1.57. The molecule has 1 rings (SSSR count). The fraction of sp³-hybridized carbons (Fsp3) is 0.571. The Bertz CT molecular complexity index is 326. The van der Waals surface area contributed by atoms with Gasteiger partial charge < -0.3 is 4.74 Å². The molecule has 3 heteroatoms. The van der Waals surface area contributed by atoms with Gasteiger partial charge >= 0.3 is 0 Å². The van der Waals surface area contributed by atoms with Crippen molar-refractivity contribution >= 4 is 0 Å². The van der Waals surface area contributed by atoms with Crippen LogP contribution in [0.25, 0.3) is 0 Å². The van der Waals surface area contributed by atoms with Crippen LogP contribution in [0.5, 0.6) is 5.75 Å². The second kappa shape index (κ2) is 7.25. The zero-order valence-electron chi connectivity index (χ0n) is 10.5. The second-order valence-corrected chi connectivity index (χ2v) is 4.38. The lowest BCUT2D eigenvalue weighted by Gasteiger charge is -2.10. The van der Waals surface area contributed by atoms with Crippen LogP contribution in [0.4, 0.5) is 8.78 Å². The molecular weight excluding hydrogens is 222 g/mol. The molecule has 0 saturated heterocycles. The molecule has 0 radical (unpaired) electrons. The summed E-state index contributed by atoms with van der Waals surface area (Å²) in [6.45, 7) is 4.96. The molecule has 0 fully saturated rings. The first-order valence-electron chi connectivity index (χ1n) is 6.14. The molecule has 1 aromatic carbocycles. The Balaban J connectivity index is 2.34. The molecule has 0 amide bonds. The zero-order chi connectivity index (χ0) is 12.7. The molecule has 0 aromatic heterocycles. The SMILES string of the molecule is CCC(C)CCCOc1cccc(C(F)F)c1. The Morgan fingerprint density at radius 1 is 1.29 bits per heavy atom. The normalized spacial score (nSPS) is 12.8. The summed E-state index contributed by atoms with van der Waals surface area (Å²) in [5.74, 6) is 1.23. The lowest BCUT2D eigenvalue weighted by molar-refractivity contribution is 0.151. The van der Waals surface area contributed by atoms with E-state index in [0.29, 0.717) is 18.3 Å². The molecule has 17 heavy (non-hydrogen) atoms. The smallest absolute Gasteiger partial charge is 0.263 e. The van der Waals surface area contributed by atoms with E-state index in [0.717, 1.165) is 12.8 Å². The van der Waals surface area contributed by atoms with Crippen molar-refractivity contribution in [2.24, 2.45) is 5.92 Å². The van der Waals surface area contributed by atoms with Crippen LogP contribution in [0, 0.1) is 5.92 Å². The van der Waals surface area contributed by atoms with E-state index in [1.807, 2.05) is 0 Å². The molecule has 0 aliphatic heterocycles. The standard InChI is InChI=1S/C14H20F2O/c1-3-11(2)6-5-9-17-13-8-4-7-12(10-13)14(15)16/h4,7-8,10-11,14H,3,5-6,9H2,1-2H3. The number of alkyl halides is 2. The summed E-state index contributed by atoms with van der Waals surface area (Å²) in [5.41, 5.74) is 0.0180. The first-order chi connectivity index (χ1) is 8.13. The first-order valence-corrected chi connectivity index (χ1v) is 6.14. The van der Waals surface area contributed by atoms with Gasteiger partial charge in [-0.15, -0.1) is 0 Å². The molecule has 0 spiro atoms. The van der Waals surface area contributed by atoms with Crippen LogP contribution in [0.3, 0.4) is 0 Å². The van der Waals surface area contributed by atoms with Gasteiger partial charge in [0.25, 0.3) is 6.43 Å². The predicted octanol–water partition coefficient (Wildman–Crippen LogP) is 4.83. The molecule has 96 valence electrons. The Kier molecular flexibility index (Phi) is 5.95. The van der Waals surface area contributed by atoms with Crippen molar-refractivity contribution < 1.29 is 13.5 Å². The van der Waals surface area contributed by atoms with Crippen molar-refractivity contribution in [1.29, 1.82) is 0 Å². The Morgan fingerprint density at radius 2 is 2.06 bits per heavy atom. The van der Waals surface area contributed by atoms with Gasteiger partial charge in [0, 0.05) is 5.56 Å². The van der Waals surface area contributed by atoms with Crippen molar-refractivity contribution in [3.05, 3.63) is 29.8 Å². The number of hydrogen-bond donors (Lipinski definition) is 0.